The van der Waals surface area contributed by atoms with Crippen LogP contribution in [0.3, 0.4) is 0 Å². The fraction of sp³-hybridized carbons (Fsp3) is 0.681. The monoisotopic (exact) mass is 708 g/mol. The van der Waals surface area contributed by atoms with Gasteiger partial charge in [0.1, 0.15) is 0 Å². The number of carbonyl (C=O) groups excluding carboxylic acids is 1. The van der Waals surface area contributed by atoms with Crippen LogP contribution in [0, 0.1) is 0 Å². The van der Waals surface area contributed by atoms with Crippen LogP contribution in [0.25, 0.3) is 0 Å². The van der Waals surface area contributed by atoms with E-state index in [-0.39, 0.29) is 12.5 Å². The summed E-state index contributed by atoms with van der Waals surface area (Å²) in [5, 5.41) is 22.8. The smallest absolute Gasteiger partial charge is 0.220 e. The van der Waals surface area contributed by atoms with Crippen molar-refractivity contribution in [2.24, 2.45) is 0 Å². The molecule has 0 rings (SSSR count). The summed E-state index contributed by atoms with van der Waals surface area (Å²) in [5.41, 5.74) is 0. The molecule has 0 spiro atoms. The molecular formula is C47H81NO3. The second-order valence-electron chi connectivity index (χ2n) is 14.0. The molecule has 3 N–H and O–H groups in total. The van der Waals surface area contributed by atoms with Crippen LogP contribution in [0.5, 0.6) is 0 Å². The maximum Gasteiger partial charge on any atom is 0.220 e. The summed E-state index contributed by atoms with van der Waals surface area (Å²) in [5.74, 6) is -0.0743. The van der Waals surface area contributed by atoms with E-state index in [9.17, 15) is 15.0 Å². The van der Waals surface area contributed by atoms with Crippen LogP contribution >= 0.6 is 0 Å². The van der Waals surface area contributed by atoms with Gasteiger partial charge in [0.15, 0.2) is 0 Å². The van der Waals surface area contributed by atoms with E-state index >= 15 is 0 Å². The molecule has 2 unspecified atom stereocenters. The largest absolute Gasteiger partial charge is 0.394 e. The Bertz CT molecular complexity index is 941. The van der Waals surface area contributed by atoms with E-state index in [1.165, 1.54) is 103 Å². The molecular weight excluding hydrogens is 627 g/mol. The highest BCUT2D eigenvalue weighted by atomic mass is 16.3. The third-order valence-electron chi connectivity index (χ3n) is 9.13. The summed E-state index contributed by atoms with van der Waals surface area (Å²) in [6.45, 7) is 4.14. The normalized spacial score (nSPS) is 13.9. The van der Waals surface area contributed by atoms with Gasteiger partial charge >= 0.3 is 0 Å². The summed E-state index contributed by atoms with van der Waals surface area (Å²) in [6, 6.07) is -0.624. The van der Waals surface area contributed by atoms with Crippen LogP contribution in [0.1, 0.15) is 187 Å². The number of hydrogen-bond donors (Lipinski definition) is 3. The molecule has 0 saturated carbocycles. The number of amides is 1. The van der Waals surface area contributed by atoms with Crippen molar-refractivity contribution in [1.29, 1.82) is 0 Å². The quantitative estimate of drug-likeness (QED) is 0.0445. The SMILES string of the molecule is CC/C=C\C/C=C\C/C=C\C/C=C\C/C=C\C/C=C\CCCCCCCCCCCCCCC(=O)NC(CO)C(O)/C=C/CCCCCCCC. The molecule has 4 heteroatoms. The summed E-state index contributed by atoms with van der Waals surface area (Å²) in [4.78, 5) is 12.3. The molecule has 51 heavy (non-hydrogen) atoms. The Morgan fingerprint density at radius 3 is 1.29 bits per heavy atom. The zero-order valence-electron chi connectivity index (χ0n) is 33.3. The maximum atomic E-state index is 12.3. The molecule has 1 amide bonds. The van der Waals surface area contributed by atoms with Crippen LogP contribution < -0.4 is 5.32 Å². The Balaban J connectivity index is 3.54. The summed E-state index contributed by atoms with van der Waals surface area (Å²) < 4.78 is 0. The number of aliphatic hydroxyl groups is 2. The van der Waals surface area contributed by atoms with Gasteiger partial charge in [0, 0.05) is 6.42 Å². The molecule has 0 aliphatic heterocycles. The summed E-state index contributed by atoms with van der Waals surface area (Å²) in [6.07, 6.45) is 61.3. The first-order valence-corrected chi connectivity index (χ1v) is 21.3. The van der Waals surface area contributed by atoms with E-state index in [0.29, 0.717) is 6.42 Å². The first kappa shape index (κ1) is 48.6. The highest BCUT2D eigenvalue weighted by molar-refractivity contribution is 5.76. The molecule has 0 bridgehead atoms. The minimum atomic E-state index is -0.840. The van der Waals surface area contributed by atoms with Gasteiger partial charge in [0.25, 0.3) is 0 Å². The second-order valence-corrected chi connectivity index (χ2v) is 14.0. The van der Waals surface area contributed by atoms with Crippen molar-refractivity contribution >= 4 is 5.91 Å². The van der Waals surface area contributed by atoms with E-state index in [0.717, 1.165) is 64.2 Å². The Kier molecular flexibility index (Phi) is 40.0. The van der Waals surface area contributed by atoms with Crippen molar-refractivity contribution in [2.75, 3.05) is 6.61 Å². The predicted octanol–water partition coefficient (Wildman–Crippen LogP) is 13.3. The Morgan fingerprint density at radius 1 is 0.490 bits per heavy atom. The maximum absolute atomic E-state index is 12.3. The van der Waals surface area contributed by atoms with Crippen molar-refractivity contribution in [2.45, 2.75) is 199 Å². The lowest BCUT2D eigenvalue weighted by Crippen LogP contribution is -2.45. The van der Waals surface area contributed by atoms with E-state index in [1.54, 1.807) is 6.08 Å². The third-order valence-corrected chi connectivity index (χ3v) is 9.13. The number of hydrogen-bond acceptors (Lipinski definition) is 3. The number of unbranched alkanes of at least 4 members (excludes halogenated alkanes) is 18. The first-order valence-electron chi connectivity index (χ1n) is 21.3. The fourth-order valence-corrected chi connectivity index (χ4v) is 5.89. The van der Waals surface area contributed by atoms with E-state index < -0.39 is 12.1 Å². The van der Waals surface area contributed by atoms with E-state index in [2.05, 4.69) is 92.1 Å². The van der Waals surface area contributed by atoms with Gasteiger partial charge in [-0.15, -0.1) is 0 Å². The van der Waals surface area contributed by atoms with Crippen LogP contribution in [0.2, 0.25) is 0 Å². The van der Waals surface area contributed by atoms with Gasteiger partial charge in [-0.2, -0.15) is 0 Å². The Morgan fingerprint density at radius 2 is 0.863 bits per heavy atom. The van der Waals surface area contributed by atoms with Crippen molar-refractivity contribution in [1.82, 2.24) is 5.32 Å². The zero-order chi connectivity index (χ0) is 37.1. The molecule has 4 nitrogen and oxygen atoms in total. The molecule has 0 aliphatic rings. The lowest BCUT2D eigenvalue weighted by Gasteiger charge is -2.20. The zero-order valence-corrected chi connectivity index (χ0v) is 33.3. The predicted molar refractivity (Wildman–Crippen MR) is 225 cm³/mol. The van der Waals surface area contributed by atoms with Gasteiger partial charge in [-0.3, -0.25) is 4.79 Å². The van der Waals surface area contributed by atoms with Gasteiger partial charge in [-0.05, 0) is 70.6 Å². The number of carbonyl (C=O) groups is 1. The minimum absolute atomic E-state index is 0.0743. The van der Waals surface area contributed by atoms with Crippen molar-refractivity contribution < 1.29 is 15.0 Å². The molecule has 0 fully saturated rings. The molecule has 0 aromatic carbocycles. The van der Waals surface area contributed by atoms with Crippen LogP contribution in [-0.4, -0.2) is 34.9 Å². The van der Waals surface area contributed by atoms with Gasteiger partial charge in [-0.25, -0.2) is 0 Å². The highest BCUT2D eigenvalue weighted by Crippen LogP contribution is 2.14. The van der Waals surface area contributed by atoms with Crippen LogP contribution in [0.15, 0.2) is 85.1 Å². The van der Waals surface area contributed by atoms with Crippen molar-refractivity contribution in [3.63, 3.8) is 0 Å². The molecule has 0 aromatic rings. The number of nitrogens with one attached hydrogen (secondary N) is 1. The van der Waals surface area contributed by atoms with Gasteiger partial charge in [-0.1, -0.05) is 195 Å². The number of aliphatic hydroxyl groups excluding tert-OH is 2. The van der Waals surface area contributed by atoms with Crippen LogP contribution in [0.4, 0.5) is 0 Å². The molecule has 0 saturated heterocycles. The molecule has 292 valence electrons. The number of allylic oxidation sites excluding steroid dienone is 13. The molecule has 0 aliphatic carbocycles. The lowest BCUT2D eigenvalue weighted by atomic mass is 10.0. The van der Waals surface area contributed by atoms with E-state index in [4.69, 9.17) is 0 Å². The molecule has 0 heterocycles. The van der Waals surface area contributed by atoms with E-state index in [1.807, 2.05) is 6.08 Å². The van der Waals surface area contributed by atoms with Gasteiger partial charge in [0.2, 0.25) is 5.91 Å². The average Bonchev–Trinajstić information content (AvgIpc) is 3.13. The molecule has 0 radical (unpaired) electrons. The average molecular weight is 708 g/mol. The lowest BCUT2D eigenvalue weighted by molar-refractivity contribution is -0.123. The van der Waals surface area contributed by atoms with Gasteiger partial charge < -0.3 is 15.5 Å². The summed E-state index contributed by atoms with van der Waals surface area (Å²) in [7, 11) is 0. The van der Waals surface area contributed by atoms with Crippen molar-refractivity contribution in [3.8, 4) is 0 Å². The topological polar surface area (TPSA) is 69.6 Å². The first-order chi connectivity index (χ1) is 25.2. The standard InChI is InChI=1S/C47H81NO3/c1-3-5-7-9-11-13-14-15-16-17-18-19-20-21-22-23-24-25-26-27-28-29-30-31-32-33-34-35-37-39-41-43-47(51)48-45(44-49)46(50)42-40-38-36-12-10-8-6-4-2/h5,7,11,13,15-16,18-19,21-22,24-25,40,42,45-46,49-50H,3-4,6,8-10,12,14,17,20,23,26-39,41,43-44H2,1-2H3,(H,48,51)/b7-5-,13-11-,16-15-,19-18-,22-21-,25-24-,42-40+. The molecule has 0 aromatic heterocycles. The molecule has 2 atom stereocenters. The Hall–Kier alpha value is -2.43. The third kappa shape index (κ3) is 38.6. The van der Waals surface area contributed by atoms with Crippen LogP contribution in [-0.2, 0) is 4.79 Å². The number of rotatable bonds is 37. The summed E-state index contributed by atoms with van der Waals surface area (Å²) >= 11 is 0. The van der Waals surface area contributed by atoms with Crippen molar-refractivity contribution in [3.05, 3.63) is 85.1 Å². The second kappa shape index (κ2) is 42.0. The minimum Gasteiger partial charge on any atom is -0.394 e. The van der Waals surface area contributed by atoms with Gasteiger partial charge in [0.05, 0.1) is 18.8 Å². The fourth-order valence-electron chi connectivity index (χ4n) is 5.89. The Labute approximate surface area is 316 Å². The highest BCUT2D eigenvalue weighted by Gasteiger charge is 2.17.